The molecule has 10 heteroatoms. The molecule has 1 aromatic carbocycles. The molecule has 3 amide bonds. The van der Waals surface area contributed by atoms with E-state index in [9.17, 15) is 22.8 Å². The third-order valence-electron chi connectivity index (χ3n) is 4.59. The van der Waals surface area contributed by atoms with Gasteiger partial charge in [-0.2, -0.15) is 13.2 Å². The summed E-state index contributed by atoms with van der Waals surface area (Å²) in [6, 6.07) is 5.34. The molecule has 2 fully saturated rings. The lowest BCUT2D eigenvalue weighted by molar-refractivity contribution is -0.153. The van der Waals surface area contributed by atoms with Crippen molar-refractivity contribution in [3.8, 4) is 5.75 Å². The normalized spacial score (nSPS) is 20.2. The van der Waals surface area contributed by atoms with Crippen LogP contribution < -0.4 is 10.1 Å². The van der Waals surface area contributed by atoms with Crippen molar-refractivity contribution in [1.82, 2.24) is 9.80 Å². The van der Waals surface area contributed by atoms with Gasteiger partial charge >= 0.3 is 12.2 Å². The summed E-state index contributed by atoms with van der Waals surface area (Å²) in [4.78, 5) is 28.0. The molecular weight excluding hydrogens is 379 g/mol. The molecule has 2 aliphatic heterocycles. The number of hydrogen-bond donors (Lipinski definition) is 1. The lowest BCUT2D eigenvalue weighted by atomic mass is 10.2. The first-order valence-electron chi connectivity index (χ1n) is 9.08. The van der Waals surface area contributed by atoms with Gasteiger partial charge in [0.05, 0.1) is 0 Å². The van der Waals surface area contributed by atoms with Crippen molar-refractivity contribution in [3.05, 3.63) is 24.3 Å². The summed E-state index contributed by atoms with van der Waals surface area (Å²) < 4.78 is 46.5. The molecule has 154 valence electrons. The van der Waals surface area contributed by atoms with Crippen LogP contribution in [0, 0.1) is 0 Å². The average molecular weight is 401 g/mol. The molecule has 7 nitrogen and oxygen atoms in total. The molecule has 0 radical (unpaired) electrons. The largest absolute Gasteiger partial charge is 0.484 e. The second kappa shape index (κ2) is 8.68. The Kier molecular flexibility index (Phi) is 6.28. The number of benzene rings is 1. The quantitative estimate of drug-likeness (QED) is 0.842. The molecule has 1 aromatic rings. The highest BCUT2D eigenvalue weighted by Gasteiger charge is 2.31. The summed E-state index contributed by atoms with van der Waals surface area (Å²) in [5.74, 6) is 0.0450. The first kappa shape index (κ1) is 20.2. The van der Waals surface area contributed by atoms with Crippen LogP contribution in [0.2, 0.25) is 0 Å². The van der Waals surface area contributed by atoms with Gasteiger partial charge in [-0.25, -0.2) is 4.79 Å². The highest BCUT2D eigenvalue weighted by Crippen LogP contribution is 2.21. The highest BCUT2D eigenvalue weighted by molar-refractivity contribution is 5.89. The Morgan fingerprint density at radius 1 is 1.11 bits per heavy atom. The molecule has 3 rings (SSSR count). The maximum Gasteiger partial charge on any atom is 0.422 e. The first-order valence-corrected chi connectivity index (χ1v) is 9.08. The van der Waals surface area contributed by atoms with Gasteiger partial charge in [0.15, 0.2) is 6.61 Å². The predicted octanol–water partition coefficient (Wildman–Crippen LogP) is 2.48. The van der Waals surface area contributed by atoms with E-state index in [-0.39, 0.29) is 23.8 Å². The zero-order chi connectivity index (χ0) is 20.1. The second-order valence-corrected chi connectivity index (χ2v) is 6.67. The van der Waals surface area contributed by atoms with Gasteiger partial charge in [-0.15, -0.1) is 0 Å². The zero-order valence-electron chi connectivity index (χ0n) is 15.2. The van der Waals surface area contributed by atoms with Gasteiger partial charge in [-0.05, 0) is 37.1 Å². The number of ether oxygens (including phenoxy) is 2. The van der Waals surface area contributed by atoms with E-state index in [1.54, 1.807) is 9.80 Å². The van der Waals surface area contributed by atoms with E-state index in [0.717, 1.165) is 12.8 Å². The summed E-state index contributed by atoms with van der Waals surface area (Å²) >= 11 is 0. The zero-order valence-corrected chi connectivity index (χ0v) is 15.2. The smallest absolute Gasteiger partial charge is 0.422 e. The summed E-state index contributed by atoms with van der Waals surface area (Å²) in [5.41, 5.74) is 0.447. The molecule has 2 saturated heterocycles. The van der Waals surface area contributed by atoms with Crippen LogP contribution in [-0.2, 0) is 9.53 Å². The number of carbonyl (C=O) groups excluding carboxylic acids is 2. The van der Waals surface area contributed by atoms with Crippen LogP contribution in [0.25, 0.3) is 0 Å². The van der Waals surface area contributed by atoms with Crippen molar-refractivity contribution < 1.29 is 32.2 Å². The number of amides is 3. The molecule has 0 aliphatic carbocycles. The predicted molar refractivity (Wildman–Crippen MR) is 94.1 cm³/mol. The van der Waals surface area contributed by atoms with Crippen molar-refractivity contribution in [3.63, 3.8) is 0 Å². The Hall–Kier alpha value is -2.49. The number of halogens is 3. The molecular formula is C18H22F3N3O4. The fourth-order valence-electron chi connectivity index (χ4n) is 3.11. The van der Waals surface area contributed by atoms with Crippen molar-refractivity contribution >= 4 is 17.6 Å². The van der Waals surface area contributed by atoms with E-state index >= 15 is 0 Å². The molecule has 1 N–H and O–H groups in total. The molecule has 0 bridgehead atoms. The topological polar surface area (TPSA) is 71.1 Å². The Morgan fingerprint density at radius 3 is 2.32 bits per heavy atom. The van der Waals surface area contributed by atoms with Crippen LogP contribution >= 0.6 is 0 Å². The Morgan fingerprint density at radius 2 is 1.75 bits per heavy atom. The number of rotatable bonds is 4. The molecule has 0 aromatic heterocycles. The van der Waals surface area contributed by atoms with E-state index in [0.29, 0.717) is 38.5 Å². The maximum absolute atomic E-state index is 12.3. The van der Waals surface area contributed by atoms with Crippen molar-refractivity contribution in [2.75, 3.05) is 44.7 Å². The van der Waals surface area contributed by atoms with Crippen LogP contribution in [0.3, 0.4) is 0 Å². The summed E-state index contributed by atoms with van der Waals surface area (Å²) in [6.45, 7) is 0.924. The van der Waals surface area contributed by atoms with Crippen molar-refractivity contribution in [2.24, 2.45) is 0 Å². The SMILES string of the molecule is O=C(Nc1ccc(OCC(F)(F)F)cc1)N1CCN(C(=O)[C@@H]2CCCO2)CC1. The van der Waals surface area contributed by atoms with Gasteiger partial charge in [-0.1, -0.05) is 0 Å². The lowest BCUT2D eigenvalue weighted by Gasteiger charge is -2.35. The standard InChI is InChI=1S/C18H22F3N3O4/c19-18(20,21)12-28-14-5-3-13(4-6-14)22-17(26)24-9-7-23(8-10-24)16(25)15-2-1-11-27-15/h3-6,15H,1-2,7-12H2,(H,22,26)/t15-/m0/s1. The minimum Gasteiger partial charge on any atom is -0.484 e. The second-order valence-electron chi connectivity index (χ2n) is 6.67. The first-order chi connectivity index (χ1) is 13.3. The lowest BCUT2D eigenvalue weighted by Crippen LogP contribution is -2.53. The Balaban J connectivity index is 1.44. The van der Waals surface area contributed by atoms with Gasteiger partial charge in [-0.3, -0.25) is 4.79 Å². The van der Waals surface area contributed by atoms with Crippen molar-refractivity contribution in [1.29, 1.82) is 0 Å². The number of nitrogens with one attached hydrogen (secondary N) is 1. The fraction of sp³-hybridized carbons (Fsp3) is 0.556. The molecule has 1 atom stereocenters. The third-order valence-corrected chi connectivity index (χ3v) is 4.59. The van der Waals surface area contributed by atoms with E-state index in [1.165, 1.54) is 24.3 Å². The van der Waals surface area contributed by atoms with E-state index in [4.69, 9.17) is 4.74 Å². The third kappa shape index (κ3) is 5.51. The monoisotopic (exact) mass is 401 g/mol. The Labute approximate surface area is 160 Å². The van der Waals surface area contributed by atoms with Gasteiger partial charge in [0, 0.05) is 38.5 Å². The number of anilines is 1. The molecule has 2 heterocycles. The van der Waals surface area contributed by atoms with Crippen LogP contribution in [0.4, 0.5) is 23.7 Å². The van der Waals surface area contributed by atoms with E-state index in [1.807, 2.05) is 0 Å². The number of urea groups is 1. The number of hydrogen-bond acceptors (Lipinski definition) is 4. The molecule has 0 spiro atoms. The van der Waals surface area contributed by atoms with E-state index < -0.39 is 12.8 Å². The van der Waals surface area contributed by atoms with Crippen molar-refractivity contribution in [2.45, 2.75) is 25.1 Å². The fourth-order valence-corrected chi connectivity index (χ4v) is 3.11. The number of piperazine rings is 1. The van der Waals surface area contributed by atoms with Crippen LogP contribution in [0.1, 0.15) is 12.8 Å². The Bertz CT molecular complexity index is 682. The minimum atomic E-state index is -4.40. The molecule has 28 heavy (non-hydrogen) atoms. The van der Waals surface area contributed by atoms with Gasteiger partial charge in [0.2, 0.25) is 0 Å². The maximum atomic E-state index is 12.3. The molecule has 0 saturated carbocycles. The number of alkyl halides is 3. The minimum absolute atomic E-state index is 0.0213. The van der Waals surface area contributed by atoms with Gasteiger partial charge in [0.25, 0.3) is 5.91 Å². The summed E-state index contributed by atoms with van der Waals surface area (Å²) in [5, 5.41) is 2.69. The van der Waals surface area contributed by atoms with Gasteiger partial charge in [0.1, 0.15) is 11.9 Å². The van der Waals surface area contributed by atoms with Crippen LogP contribution in [-0.4, -0.2) is 73.4 Å². The van der Waals surface area contributed by atoms with Gasteiger partial charge < -0.3 is 24.6 Å². The highest BCUT2D eigenvalue weighted by atomic mass is 19.4. The molecule has 0 unspecified atom stereocenters. The summed E-state index contributed by atoms with van der Waals surface area (Å²) in [7, 11) is 0. The number of carbonyl (C=O) groups is 2. The number of nitrogens with zero attached hydrogens (tertiary/aromatic N) is 2. The van der Waals surface area contributed by atoms with Crippen LogP contribution in [0.5, 0.6) is 5.75 Å². The van der Waals surface area contributed by atoms with Crippen LogP contribution in [0.15, 0.2) is 24.3 Å². The average Bonchev–Trinajstić information content (AvgIpc) is 3.21. The summed E-state index contributed by atoms with van der Waals surface area (Å²) in [6.07, 6.45) is -3.14. The van der Waals surface area contributed by atoms with E-state index in [2.05, 4.69) is 10.1 Å². The molecule has 2 aliphatic rings.